The molecular weight excluding hydrogens is 527 g/mol. The molecule has 0 spiro atoms. The van der Waals surface area contributed by atoms with E-state index < -0.39 is 0 Å². The van der Waals surface area contributed by atoms with Crippen LogP contribution in [0.1, 0.15) is 27.2 Å². The first-order chi connectivity index (χ1) is 15.6. The normalized spacial score (nSPS) is 10.9. The van der Waals surface area contributed by atoms with Crippen LogP contribution in [0.5, 0.6) is 0 Å². The Kier molecular flexibility index (Phi) is 11.5. The molecule has 0 saturated carbocycles. The number of halogens is 1. The number of nitrogens with one attached hydrogen (secondary N) is 2. The maximum atomic E-state index is 12.2. The van der Waals surface area contributed by atoms with Crippen LogP contribution in [0.2, 0.25) is 0 Å². The van der Waals surface area contributed by atoms with Gasteiger partial charge in [-0.1, -0.05) is 42.5 Å². The Morgan fingerprint density at radius 2 is 1.58 bits per heavy atom. The van der Waals surface area contributed by atoms with E-state index in [0.717, 1.165) is 49.6 Å². The second kappa shape index (κ2) is 14.4. The van der Waals surface area contributed by atoms with Crippen molar-refractivity contribution >= 4 is 35.8 Å². The molecule has 0 atom stereocenters. The van der Waals surface area contributed by atoms with Gasteiger partial charge in [0.15, 0.2) is 5.96 Å². The highest BCUT2D eigenvalue weighted by atomic mass is 127. The highest BCUT2D eigenvalue weighted by molar-refractivity contribution is 14.0. The van der Waals surface area contributed by atoms with Crippen LogP contribution in [-0.4, -0.2) is 50.5 Å². The summed E-state index contributed by atoms with van der Waals surface area (Å²) in [5.74, 6) is 1.73. The molecule has 1 amide bonds. The number of guanidine groups is 1. The van der Waals surface area contributed by atoms with Gasteiger partial charge in [0.05, 0.1) is 6.26 Å². The lowest BCUT2D eigenvalue weighted by Gasteiger charge is -2.14. The van der Waals surface area contributed by atoms with Gasteiger partial charge in [-0.25, -0.2) is 0 Å². The van der Waals surface area contributed by atoms with Crippen molar-refractivity contribution in [3.05, 3.63) is 95.4 Å². The molecule has 2 aromatic carbocycles. The van der Waals surface area contributed by atoms with Gasteiger partial charge in [-0.15, -0.1) is 24.0 Å². The van der Waals surface area contributed by atoms with Crippen LogP contribution in [0.25, 0.3) is 0 Å². The zero-order valence-corrected chi connectivity index (χ0v) is 21.6. The summed E-state index contributed by atoms with van der Waals surface area (Å²) in [5, 5.41) is 6.85. The molecule has 0 aliphatic carbocycles. The summed E-state index contributed by atoms with van der Waals surface area (Å²) < 4.78 is 5.40. The molecular formula is C26H33IN4O2. The van der Waals surface area contributed by atoms with E-state index >= 15 is 0 Å². The zero-order valence-electron chi connectivity index (χ0n) is 19.3. The molecule has 0 aliphatic rings. The number of amides is 1. The predicted octanol–water partition coefficient (Wildman–Crippen LogP) is 4.16. The van der Waals surface area contributed by atoms with Gasteiger partial charge in [0, 0.05) is 45.7 Å². The Morgan fingerprint density at radius 1 is 0.879 bits per heavy atom. The van der Waals surface area contributed by atoms with Gasteiger partial charge < -0.3 is 20.0 Å². The van der Waals surface area contributed by atoms with Crippen molar-refractivity contribution < 1.29 is 9.21 Å². The van der Waals surface area contributed by atoms with Crippen LogP contribution in [0.15, 0.2) is 82.4 Å². The molecule has 1 aromatic heterocycles. The number of furan rings is 1. The summed E-state index contributed by atoms with van der Waals surface area (Å²) in [7, 11) is 3.53. The van der Waals surface area contributed by atoms with E-state index in [2.05, 4.69) is 34.9 Å². The molecule has 0 fully saturated rings. The van der Waals surface area contributed by atoms with Crippen molar-refractivity contribution in [2.45, 2.75) is 19.3 Å². The Balaban J connectivity index is 0.00000385. The molecule has 3 aromatic rings. The third kappa shape index (κ3) is 9.29. The van der Waals surface area contributed by atoms with Crippen LogP contribution in [0.3, 0.4) is 0 Å². The van der Waals surface area contributed by atoms with Gasteiger partial charge in [0.2, 0.25) is 0 Å². The molecule has 176 valence electrons. The quantitative estimate of drug-likeness (QED) is 0.222. The number of carbonyl (C=O) groups is 1. The molecule has 0 bridgehead atoms. The minimum atomic E-state index is 0. The van der Waals surface area contributed by atoms with E-state index in [1.54, 1.807) is 25.3 Å². The number of benzene rings is 2. The van der Waals surface area contributed by atoms with E-state index in [9.17, 15) is 4.79 Å². The summed E-state index contributed by atoms with van der Waals surface area (Å²) >= 11 is 0. The number of carbonyl (C=O) groups excluding carboxylic acids is 1. The first-order valence-electron chi connectivity index (χ1n) is 11.0. The lowest BCUT2D eigenvalue weighted by atomic mass is 10.1. The number of hydrogen-bond donors (Lipinski definition) is 2. The predicted molar refractivity (Wildman–Crippen MR) is 144 cm³/mol. The summed E-state index contributed by atoms with van der Waals surface area (Å²) in [6, 6.07) is 22.1. The lowest BCUT2D eigenvalue weighted by molar-refractivity contribution is 0.0827. The zero-order chi connectivity index (χ0) is 22.6. The van der Waals surface area contributed by atoms with Gasteiger partial charge in [0.25, 0.3) is 5.91 Å². The van der Waals surface area contributed by atoms with Crippen molar-refractivity contribution in [2.24, 2.45) is 4.99 Å². The van der Waals surface area contributed by atoms with E-state index in [-0.39, 0.29) is 29.9 Å². The molecule has 0 aliphatic heterocycles. The average Bonchev–Trinajstić information content (AvgIpc) is 3.32. The van der Waals surface area contributed by atoms with Gasteiger partial charge in [-0.2, -0.15) is 0 Å². The topological polar surface area (TPSA) is 69.9 Å². The molecule has 3 rings (SSSR count). The van der Waals surface area contributed by atoms with Crippen molar-refractivity contribution in [1.82, 2.24) is 15.5 Å². The van der Waals surface area contributed by atoms with Crippen LogP contribution in [0, 0.1) is 0 Å². The van der Waals surface area contributed by atoms with Crippen LogP contribution < -0.4 is 10.6 Å². The molecule has 0 unspecified atom stereocenters. The van der Waals surface area contributed by atoms with Gasteiger partial charge in [-0.3, -0.25) is 9.79 Å². The Morgan fingerprint density at radius 3 is 2.24 bits per heavy atom. The highest BCUT2D eigenvalue weighted by Gasteiger charge is 2.08. The van der Waals surface area contributed by atoms with Crippen molar-refractivity contribution in [3.63, 3.8) is 0 Å². The highest BCUT2D eigenvalue weighted by Crippen LogP contribution is 2.08. The second-order valence-electron chi connectivity index (χ2n) is 7.80. The largest absolute Gasteiger partial charge is 0.469 e. The summed E-state index contributed by atoms with van der Waals surface area (Å²) in [6.07, 6.45) is 4.17. The van der Waals surface area contributed by atoms with Crippen LogP contribution >= 0.6 is 24.0 Å². The fourth-order valence-corrected chi connectivity index (χ4v) is 3.32. The maximum absolute atomic E-state index is 12.2. The maximum Gasteiger partial charge on any atom is 0.253 e. The van der Waals surface area contributed by atoms with E-state index in [1.165, 1.54) is 5.56 Å². The molecule has 1 heterocycles. The first-order valence-corrected chi connectivity index (χ1v) is 11.0. The molecule has 6 nitrogen and oxygen atoms in total. The Hall–Kier alpha value is -2.81. The van der Waals surface area contributed by atoms with Gasteiger partial charge in [0.1, 0.15) is 5.76 Å². The van der Waals surface area contributed by atoms with E-state index in [0.29, 0.717) is 12.1 Å². The van der Waals surface area contributed by atoms with Gasteiger partial charge in [-0.05, 0) is 48.2 Å². The minimum absolute atomic E-state index is 0. The van der Waals surface area contributed by atoms with Crippen molar-refractivity contribution in [3.8, 4) is 0 Å². The number of rotatable bonds is 10. The SMILES string of the molecule is CN(C)C(=O)c1cccc(CCNC(=NCCc2ccco2)NCCc2ccccc2)c1.I. The van der Waals surface area contributed by atoms with E-state index in [1.807, 2.05) is 42.5 Å². The number of hydrogen-bond acceptors (Lipinski definition) is 3. The third-order valence-corrected chi connectivity index (χ3v) is 5.04. The fourth-order valence-electron chi connectivity index (χ4n) is 3.32. The number of nitrogens with zero attached hydrogens (tertiary/aromatic N) is 2. The summed E-state index contributed by atoms with van der Waals surface area (Å²) in [6.45, 7) is 2.15. The van der Waals surface area contributed by atoms with Crippen LogP contribution in [0.4, 0.5) is 0 Å². The summed E-state index contributed by atoms with van der Waals surface area (Å²) in [4.78, 5) is 18.5. The fraction of sp³-hybridized carbons (Fsp3) is 0.308. The Labute approximate surface area is 213 Å². The molecule has 0 saturated heterocycles. The monoisotopic (exact) mass is 560 g/mol. The third-order valence-electron chi connectivity index (χ3n) is 5.04. The first kappa shape index (κ1) is 26.4. The number of aliphatic imine (C=N–C) groups is 1. The minimum Gasteiger partial charge on any atom is -0.469 e. The smallest absolute Gasteiger partial charge is 0.253 e. The van der Waals surface area contributed by atoms with Gasteiger partial charge >= 0.3 is 0 Å². The average molecular weight is 560 g/mol. The molecule has 2 N–H and O–H groups in total. The second-order valence-corrected chi connectivity index (χ2v) is 7.80. The van der Waals surface area contributed by atoms with Crippen molar-refractivity contribution in [2.75, 3.05) is 33.7 Å². The lowest BCUT2D eigenvalue weighted by Crippen LogP contribution is -2.39. The molecule has 7 heteroatoms. The standard InChI is InChI=1S/C26H32N4O2.HI/c1-30(2)25(31)23-11-6-10-22(20-23)14-17-28-26(29-18-15-24-12-7-19-32-24)27-16-13-21-8-4-3-5-9-21;/h3-12,19-20H,13-18H2,1-2H3,(H2,27,28,29);1H. The van der Waals surface area contributed by atoms with Crippen LogP contribution in [-0.2, 0) is 19.3 Å². The van der Waals surface area contributed by atoms with E-state index in [4.69, 9.17) is 9.41 Å². The molecule has 0 radical (unpaired) electrons. The molecule has 33 heavy (non-hydrogen) atoms. The summed E-state index contributed by atoms with van der Waals surface area (Å²) in [5.41, 5.74) is 3.11. The Bertz CT molecular complexity index is 989. The van der Waals surface area contributed by atoms with Crippen molar-refractivity contribution in [1.29, 1.82) is 0 Å².